The van der Waals surface area contributed by atoms with Crippen molar-refractivity contribution in [1.82, 2.24) is 9.97 Å². The summed E-state index contributed by atoms with van der Waals surface area (Å²) in [6.07, 6.45) is 0. The Morgan fingerprint density at radius 3 is 2.57 bits per heavy atom. The molecule has 0 unspecified atom stereocenters. The average molecular weight is 392 g/mol. The van der Waals surface area contributed by atoms with Gasteiger partial charge in [-0.05, 0) is 29.8 Å². The number of aromatic nitrogens is 2. The van der Waals surface area contributed by atoms with Crippen molar-refractivity contribution in [2.45, 2.75) is 0 Å². The number of aromatic amines is 1. The predicted molar refractivity (Wildman–Crippen MR) is 119 cm³/mol. The van der Waals surface area contributed by atoms with Gasteiger partial charge < -0.3 is 14.1 Å². The Labute approximate surface area is 170 Å². The number of pyridine rings is 2. The lowest BCUT2D eigenvalue weighted by Crippen LogP contribution is -2.08. The molecule has 0 saturated heterocycles. The maximum absolute atomic E-state index is 13.4. The molecule has 3 aromatic heterocycles. The zero-order valence-electron chi connectivity index (χ0n) is 16.1. The molecule has 30 heavy (non-hydrogen) atoms. The first kappa shape index (κ1) is 16.8. The van der Waals surface area contributed by atoms with Gasteiger partial charge in [0.05, 0.1) is 23.5 Å². The molecule has 144 valence electrons. The fraction of sp³-hybridized carbons (Fsp3) is 0.0400. The van der Waals surface area contributed by atoms with Gasteiger partial charge in [-0.1, -0.05) is 48.5 Å². The van der Waals surface area contributed by atoms with E-state index in [-0.39, 0.29) is 5.56 Å². The van der Waals surface area contributed by atoms with Gasteiger partial charge in [-0.15, -0.1) is 0 Å². The Balaban J connectivity index is 1.87. The van der Waals surface area contributed by atoms with Gasteiger partial charge >= 0.3 is 0 Å². The Kier molecular flexibility index (Phi) is 3.47. The molecule has 0 spiro atoms. The predicted octanol–water partition coefficient (Wildman–Crippen LogP) is 5.65. The van der Waals surface area contributed by atoms with E-state index in [1.165, 1.54) is 0 Å². The van der Waals surface area contributed by atoms with Crippen molar-refractivity contribution >= 4 is 43.9 Å². The largest absolute Gasteiger partial charge is 0.497 e. The van der Waals surface area contributed by atoms with Crippen molar-refractivity contribution in [3.8, 4) is 16.9 Å². The monoisotopic (exact) mass is 392 g/mol. The van der Waals surface area contributed by atoms with Gasteiger partial charge in [0.1, 0.15) is 16.8 Å². The summed E-state index contributed by atoms with van der Waals surface area (Å²) in [7, 11) is 1.61. The molecule has 3 aromatic carbocycles. The van der Waals surface area contributed by atoms with Crippen molar-refractivity contribution in [2.24, 2.45) is 0 Å². The number of ether oxygens (including phenoxy) is 1. The van der Waals surface area contributed by atoms with Crippen LogP contribution in [0.15, 0.2) is 82.0 Å². The minimum absolute atomic E-state index is 0.194. The molecule has 0 radical (unpaired) electrons. The molecule has 6 aromatic rings. The van der Waals surface area contributed by atoms with Gasteiger partial charge in [0, 0.05) is 16.3 Å². The van der Waals surface area contributed by atoms with E-state index in [0.29, 0.717) is 33.3 Å². The van der Waals surface area contributed by atoms with E-state index in [9.17, 15) is 4.79 Å². The SMILES string of the molecule is COc1ccc2oc3c4nc5ccccc5c(-c5ccccc5)c4c(=O)[nH]c3c2c1. The van der Waals surface area contributed by atoms with E-state index in [1.54, 1.807) is 7.11 Å². The number of hydrogen-bond acceptors (Lipinski definition) is 4. The van der Waals surface area contributed by atoms with Crippen LogP contribution in [0.1, 0.15) is 0 Å². The number of methoxy groups -OCH3 is 1. The lowest BCUT2D eigenvalue weighted by atomic mass is 9.96. The molecular formula is C25H16N2O3. The fourth-order valence-electron chi connectivity index (χ4n) is 4.17. The molecule has 5 heteroatoms. The number of hydrogen-bond donors (Lipinski definition) is 1. The van der Waals surface area contributed by atoms with Gasteiger partial charge in [-0.3, -0.25) is 4.79 Å². The number of rotatable bonds is 2. The number of benzene rings is 3. The van der Waals surface area contributed by atoms with Crippen LogP contribution >= 0.6 is 0 Å². The number of furan rings is 1. The second kappa shape index (κ2) is 6.19. The highest BCUT2D eigenvalue weighted by molar-refractivity contribution is 6.18. The number of fused-ring (bicyclic) bond motifs is 6. The minimum Gasteiger partial charge on any atom is -0.497 e. The van der Waals surface area contributed by atoms with E-state index in [0.717, 1.165) is 27.4 Å². The Hall–Kier alpha value is -4.12. The summed E-state index contributed by atoms with van der Waals surface area (Å²) in [5, 5.41) is 2.25. The maximum atomic E-state index is 13.4. The van der Waals surface area contributed by atoms with Crippen LogP contribution < -0.4 is 10.3 Å². The smallest absolute Gasteiger partial charge is 0.258 e. The highest BCUT2D eigenvalue weighted by atomic mass is 16.5. The first-order chi connectivity index (χ1) is 14.7. The summed E-state index contributed by atoms with van der Waals surface area (Å²) >= 11 is 0. The molecule has 0 aliphatic carbocycles. The van der Waals surface area contributed by atoms with Gasteiger partial charge in [0.15, 0.2) is 5.58 Å². The third-order valence-electron chi connectivity index (χ3n) is 5.53. The third-order valence-corrected chi connectivity index (χ3v) is 5.53. The second-order valence-electron chi connectivity index (χ2n) is 7.22. The number of nitrogens with zero attached hydrogens (tertiary/aromatic N) is 1. The molecule has 6 rings (SSSR count). The minimum atomic E-state index is -0.194. The van der Waals surface area contributed by atoms with Crippen LogP contribution in [0.25, 0.3) is 55.0 Å². The quantitative estimate of drug-likeness (QED) is 0.387. The Bertz CT molecular complexity index is 1650. The lowest BCUT2D eigenvalue weighted by molar-refractivity contribution is 0.415. The standard InChI is InChI=1S/C25H16N2O3/c1-29-15-11-12-19-17(13-15)22-24(30-19)23-21(25(28)27-22)20(14-7-3-2-4-8-14)16-9-5-6-10-18(16)26-23/h2-13H,1H3,(H,27,28). The molecule has 0 fully saturated rings. The van der Waals surface area contributed by atoms with Crippen LogP contribution in [0.3, 0.4) is 0 Å². The molecule has 0 amide bonds. The van der Waals surface area contributed by atoms with E-state index in [4.69, 9.17) is 14.1 Å². The second-order valence-corrected chi connectivity index (χ2v) is 7.22. The molecular weight excluding hydrogens is 376 g/mol. The van der Waals surface area contributed by atoms with Crippen molar-refractivity contribution < 1.29 is 9.15 Å². The average Bonchev–Trinajstić information content (AvgIpc) is 3.16. The van der Waals surface area contributed by atoms with Gasteiger partial charge in [0.25, 0.3) is 5.56 Å². The number of para-hydroxylation sites is 1. The fourth-order valence-corrected chi connectivity index (χ4v) is 4.17. The molecule has 3 heterocycles. The summed E-state index contributed by atoms with van der Waals surface area (Å²) < 4.78 is 11.5. The third kappa shape index (κ3) is 2.29. The highest BCUT2D eigenvalue weighted by Gasteiger charge is 2.20. The Morgan fingerprint density at radius 2 is 1.73 bits per heavy atom. The molecule has 0 aliphatic rings. The maximum Gasteiger partial charge on any atom is 0.258 e. The summed E-state index contributed by atoms with van der Waals surface area (Å²) in [4.78, 5) is 21.2. The van der Waals surface area contributed by atoms with Gasteiger partial charge in [0.2, 0.25) is 0 Å². The van der Waals surface area contributed by atoms with Gasteiger partial charge in [-0.2, -0.15) is 0 Å². The van der Waals surface area contributed by atoms with E-state index in [2.05, 4.69) is 4.98 Å². The first-order valence-electron chi connectivity index (χ1n) is 9.65. The van der Waals surface area contributed by atoms with E-state index >= 15 is 0 Å². The van der Waals surface area contributed by atoms with Crippen LogP contribution in [-0.2, 0) is 0 Å². The van der Waals surface area contributed by atoms with Crippen molar-refractivity contribution in [3.05, 3.63) is 83.2 Å². The Morgan fingerprint density at radius 1 is 0.933 bits per heavy atom. The van der Waals surface area contributed by atoms with Crippen molar-refractivity contribution in [3.63, 3.8) is 0 Å². The van der Waals surface area contributed by atoms with Crippen LogP contribution in [0.2, 0.25) is 0 Å². The summed E-state index contributed by atoms with van der Waals surface area (Å²) in [5.41, 5.74) is 4.86. The lowest BCUT2D eigenvalue weighted by Gasteiger charge is -2.10. The molecule has 0 aliphatic heterocycles. The van der Waals surface area contributed by atoms with Crippen LogP contribution in [0, 0.1) is 0 Å². The van der Waals surface area contributed by atoms with Crippen LogP contribution in [-0.4, -0.2) is 17.1 Å². The molecule has 1 N–H and O–H groups in total. The van der Waals surface area contributed by atoms with E-state index in [1.807, 2.05) is 72.8 Å². The normalized spacial score (nSPS) is 11.6. The summed E-state index contributed by atoms with van der Waals surface area (Å²) in [6.45, 7) is 0. The zero-order valence-corrected chi connectivity index (χ0v) is 16.1. The number of nitrogens with one attached hydrogen (secondary N) is 1. The zero-order chi connectivity index (χ0) is 20.2. The molecule has 0 bridgehead atoms. The molecule has 0 atom stereocenters. The van der Waals surface area contributed by atoms with Crippen molar-refractivity contribution in [2.75, 3.05) is 7.11 Å². The van der Waals surface area contributed by atoms with Crippen LogP contribution in [0.5, 0.6) is 5.75 Å². The van der Waals surface area contributed by atoms with Gasteiger partial charge in [-0.25, -0.2) is 4.98 Å². The highest BCUT2D eigenvalue weighted by Crippen LogP contribution is 2.38. The topological polar surface area (TPSA) is 68.1 Å². The summed E-state index contributed by atoms with van der Waals surface area (Å²) in [6, 6.07) is 23.3. The summed E-state index contributed by atoms with van der Waals surface area (Å²) in [5.74, 6) is 0.697. The van der Waals surface area contributed by atoms with Crippen molar-refractivity contribution in [1.29, 1.82) is 0 Å². The number of H-pyrrole nitrogens is 1. The van der Waals surface area contributed by atoms with E-state index < -0.39 is 0 Å². The van der Waals surface area contributed by atoms with Crippen LogP contribution in [0.4, 0.5) is 0 Å². The molecule has 0 saturated carbocycles. The first-order valence-corrected chi connectivity index (χ1v) is 9.65. The molecule has 5 nitrogen and oxygen atoms in total.